The fourth-order valence-electron chi connectivity index (χ4n) is 8.49. The van der Waals surface area contributed by atoms with Crippen LogP contribution in [-0.2, 0) is 5.41 Å². The van der Waals surface area contributed by atoms with Crippen LogP contribution in [0.1, 0.15) is 25.0 Å². The molecule has 1 heteroatoms. The van der Waals surface area contributed by atoms with Crippen molar-refractivity contribution in [3.8, 4) is 22.3 Å². The topological polar surface area (TPSA) is 3.24 Å². The summed E-state index contributed by atoms with van der Waals surface area (Å²) < 4.78 is 0. The van der Waals surface area contributed by atoms with Gasteiger partial charge in [0.05, 0.1) is 5.69 Å². The van der Waals surface area contributed by atoms with E-state index in [0.29, 0.717) is 0 Å². The number of hydrogen-bond donors (Lipinski definition) is 0. The van der Waals surface area contributed by atoms with E-state index in [4.69, 9.17) is 0 Å². The molecule has 0 spiro atoms. The molecule has 0 N–H and O–H groups in total. The Bertz CT molecular complexity index is 2800. The van der Waals surface area contributed by atoms with Crippen molar-refractivity contribution in [3.05, 3.63) is 187 Å². The van der Waals surface area contributed by atoms with Crippen molar-refractivity contribution in [2.24, 2.45) is 0 Å². The lowest BCUT2D eigenvalue weighted by molar-refractivity contribution is 0.660. The molecule has 10 rings (SSSR count). The third-order valence-corrected chi connectivity index (χ3v) is 11.0. The Morgan fingerprint density at radius 2 is 0.980 bits per heavy atom. The smallest absolute Gasteiger partial charge is 0.0540 e. The summed E-state index contributed by atoms with van der Waals surface area (Å²) in [6.45, 7) is 4.72. The van der Waals surface area contributed by atoms with Crippen LogP contribution in [0.4, 0.5) is 17.1 Å². The first-order chi connectivity index (χ1) is 24.5. The summed E-state index contributed by atoms with van der Waals surface area (Å²) >= 11 is 0. The van der Waals surface area contributed by atoms with E-state index in [-0.39, 0.29) is 5.41 Å². The molecule has 236 valence electrons. The molecule has 0 bridgehead atoms. The lowest BCUT2D eigenvalue weighted by Gasteiger charge is -2.30. The summed E-state index contributed by atoms with van der Waals surface area (Å²) in [5.41, 5.74) is 11.2. The van der Waals surface area contributed by atoms with Crippen molar-refractivity contribution in [2.75, 3.05) is 4.90 Å². The fourth-order valence-corrected chi connectivity index (χ4v) is 8.49. The lowest BCUT2D eigenvalue weighted by Crippen LogP contribution is -2.16. The standard InChI is InChI=1S/C49H35N/c1-49(2)45-17-9-7-16-43(45)44-28-26-39(31-46(44)49)50(47-18-10-8-14-40(47)36-23-19-32-11-3-4-13-35(32)29-36)38-25-27-42-37(30-38)24-22-34-21-20-33-12-5-6-15-41(33)48(34)42/h3-31H,1-2H3. The summed E-state index contributed by atoms with van der Waals surface area (Å²) in [5, 5.41) is 10.1. The van der Waals surface area contributed by atoms with Crippen molar-refractivity contribution in [3.63, 3.8) is 0 Å². The predicted molar refractivity (Wildman–Crippen MR) is 214 cm³/mol. The minimum Gasteiger partial charge on any atom is -0.310 e. The Morgan fingerprint density at radius 3 is 1.86 bits per heavy atom. The molecule has 0 aliphatic heterocycles. The van der Waals surface area contributed by atoms with Gasteiger partial charge in [0.25, 0.3) is 0 Å². The van der Waals surface area contributed by atoms with Gasteiger partial charge in [-0.05, 0) is 107 Å². The van der Waals surface area contributed by atoms with E-state index in [9.17, 15) is 0 Å². The second-order valence-corrected chi connectivity index (χ2v) is 14.2. The first kappa shape index (κ1) is 28.8. The van der Waals surface area contributed by atoms with Crippen molar-refractivity contribution in [1.29, 1.82) is 0 Å². The third kappa shape index (κ3) is 4.33. The summed E-state index contributed by atoms with van der Waals surface area (Å²) in [6, 6.07) is 65.1. The highest BCUT2D eigenvalue weighted by atomic mass is 15.1. The van der Waals surface area contributed by atoms with Crippen molar-refractivity contribution in [1.82, 2.24) is 0 Å². The molecule has 0 saturated heterocycles. The Kier molecular flexibility index (Phi) is 6.29. The molecule has 1 nitrogen and oxygen atoms in total. The van der Waals surface area contributed by atoms with Crippen LogP contribution in [0.15, 0.2) is 176 Å². The number of rotatable bonds is 4. The van der Waals surface area contributed by atoms with Gasteiger partial charge in [-0.1, -0.05) is 153 Å². The molecule has 0 unspecified atom stereocenters. The Morgan fingerprint density at radius 1 is 0.380 bits per heavy atom. The van der Waals surface area contributed by atoms with Gasteiger partial charge in [0.1, 0.15) is 0 Å². The van der Waals surface area contributed by atoms with Crippen LogP contribution in [0.3, 0.4) is 0 Å². The van der Waals surface area contributed by atoms with Gasteiger partial charge in [0.15, 0.2) is 0 Å². The molecule has 0 saturated carbocycles. The zero-order chi connectivity index (χ0) is 33.4. The Balaban J connectivity index is 1.22. The maximum atomic E-state index is 2.47. The van der Waals surface area contributed by atoms with Gasteiger partial charge < -0.3 is 4.90 Å². The van der Waals surface area contributed by atoms with Gasteiger partial charge in [0.2, 0.25) is 0 Å². The van der Waals surface area contributed by atoms with E-state index in [2.05, 4.69) is 195 Å². The van der Waals surface area contributed by atoms with Gasteiger partial charge in [-0.2, -0.15) is 0 Å². The molecule has 9 aromatic carbocycles. The minimum atomic E-state index is -0.102. The highest BCUT2D eigenvalue weighted by Crippen LogP contribution is 2.51. The zero-order valence-corrected chi connectivity index (χ0v) is 28.2. The number of anilines is 3. The highest BCUT2D eigenvalue weighted by Gasteiger charge is 2.35. The number of benzene rings is 9. The van der Waals surface area contributed by atoms with Crippen molar-refractivity contribution >= 4 is 60.2 Å². The number of nitrogens with zero attached hydrogens (tertiary/aromatic N) is 1. The quantitative estimate of drug-likeness (QED) is 0.174. The molecule has 0 aromatic heterocycles. The summed E-state index contributed by atoms with van der Waals surface area (Å²) in [5.74, 6) is 0. The van der Waals surface area contributed by atoms with Crippen molar-refractivity contribution in [2.45, 2.75) is 19.3 Å². The van der Waals surface area contributed by atoms with Crippen molar-refractivity contribution < 1.29 is 0 Å². The molecular weight excluding hydrogens is 603 g/mol. The van der Waals surface area contributed by atoms with Crippen LogP contribution in [0, 0.1) is 0 Å². The first-order valence-corrected chi connectivity index (χ1v) is 17.5. The zero-order valence-electron chi connectivity index (χ0n) is 28.2. The molecular formula is C49H35N. The first-order valence-electron chi connectivity index (χ1n) is 17.5. The van der Waals surface area contributed by atoms with Crippen LogP contribution in [0.5, 0.6) is 0 Å². The number of hydrogen-bond acceptors (Lipinski definition) is 1. The van der Waals surface area contributed by atoms with E-state index in [1.807, 2.05) is 0 Å². The van der Waals surface area contributed by atoms with Gasteiger partial charge in [0, 0.05) is 22.4 Å². The van der Waals surface area contributed by atoms with Gasteiger partial charge in [-0.15, -0.1) is 0 Å². The van der Waals surface area contributed by atoms with Gasteiger partial charge in [-0.3, -0.25) is 0 Å². The van der Waals surface area contributed by atoms with E-state index in [1.54, 1.807) is 0 Å². The maximum absolute atomic E-state index is 2.47. The fraction of sp³-hybridized carbons (Fsp3) is 0.0612. The molecule has 0 fully saturated rings. The monoisotopic (exact) mass is 637 g/mol. The number of para-hydroxylation sites is 1. The van der Waals surface area contributed by atoms with Crippen LogP contribution in [0.2, 0.25) is 0 Å². The normalized spacial score (nSPS) is 13.2. The number of fused-ring (bicyclic) bond motifs is 9. The molecule has 0 amide bonds. The summed E-state index contributed by atoms with van der Waals surface area (Å²) in [6.07, 6.45) is 0. The molecule has 9 aromatic rings. The van der Waals surface area contributed by atoms with Gasteiger partial charge in [-0.25, -0.2) is 0 Å². The van der Waals surface area contributed by atoms with E-state index >= 15 is 0 Å². The third-order valence-electron chi connectivity index (χ3n) is 11.0. The highest BCUT2D eigenvalue weighted by molar-refractivity contribution is 6.20. The molecule has 0 heterocycles. The molecule has 0 radical (unpaired) electrons. The van der Waals surface area contributed by atoms with E-state index in [1.165, 1.54) is 76.5 Å². The van der Waals surface area contributed by atoms with Gasteiger partial charge >= 0.3 is 0 Å². The largest absolute Gasteiger partial charge is 0.310 e. The average Bonchev–Trinajstić information content (AvgIpc) is 3.40. The molecule has 1 aliphatic rings. The van der Waals surface area contributed by atoms with Crippen LogP contribution >= 0.6 is 0 Å². The predicted octanol–water partition coefficient (Wildman–Crippen LogP) is 13.7. The second-order valence-electron chi connectivity index (χ2n) is 14.2. The Labute approximate surface area is 292 Å². The molecule has 50 heavy (non-hydrogen) atoms. The summed E-state index contributed by atoms with van der Waals surface area (Å²) in [4.78, 5) is 2.47. The average molecular weight is 638 g/mol. The Hall–Kier alpha value is -6.18. The molecule has 1 aliphatic carbocycles. The van der Waals surface area contributed by atoms with Crippen LogP contribution < -0.4 is 4.90 Å². The van der Waals surface area contributed by atoms with E-state index in [0.717, 1.165) is 17.1 Å². The van der Waals surface area contributed by atoms with Crippen LogP contribution in [-0.4, -0.2) is 0 Å². The maximum Gasteiger partial charge on any atom is 0.0540 e. The van der Waals surface area contributed by atoms with E-state index < -0.39 is 0 Å². The molecule has 0 atom stereocenters. The second kappa shape index (κ2) is 10.9. The summed E-state index contributed by atoms with van der Waals surface area (Å²) in [7, 11) is 0. The minimum absolute atomic E-state index is 0.102. The lowest BCUT2D eigenvalue weighted by atomic mass is 9.82. The van der Waals surface area contributed by atoms with Crippen LogP contribution in [0.25, 0.3) is 65.3 Å². The SMILES string of the molecule is CC1(C)c2ccccc2-c2ccc(N(c3ccc4c(ccc5ccc6ccccc6c54)c3)c3ccccc3-c3ccc4ccccc4c3)cc21.